The molecule has 0 radical (unpaired) electrons. The van der Waals surface area contributed by atoms with Crippen molar-refractivity contribution in [3.8, 4) is 0 Å². The van der Waals surface area contributed by atoms with E-state index in [0.717, 1.165) is 11.1 Å². The molecule has 112 valence electrons. The molecular weight excluding hydrogens is 290 g/mol. The van der Waals surface area contributed by atoms with Gasteiger partial charge in [0.25, 0.3) is 5.91 Å². The highest BCUT2D eigenvalue weighted by molar-refractivity contribution is 7.11. The number of thiophene rings is 1. The summed E-state index contributed by atoms with van der Waals surface area (Å²) in [6, 6.07) is 5.25. The Morgan fingerprint density at radius 3 is 2.57 bits per heavy atom. The number of nitrogens with zero attached hydrogens (tertiary/aromatic N) is 1. The second-order valence-electron chi connectivity index (χ2n) is 5.04. The molecule has 0 fully saturated rings. The number of aryl methyl sites for hydroxylation is 1. The summed E-state index contributed by atoms with van der Waals surface area (Å²) in [6.07, 6.45) is 1.09. The lowest BCUT2D eigenvalue weighted by atomic mass is 10.2. The predicted molar refractivity (Wildman–Crippen MR) is 79.7 cm³/mol. The summed E-state index contributed by atoms with van der Waals surface area (Å²) in [5.74, 6) is -1.36. The summed E-state index contributed by atoms with van der Waals surface area (Å²) in [5, 5.41) is 8.88. The van der Waals surface area contributed by atoms with Gasteiger partial charge in [-0.1, -0.05) is 0 Å². The van der Waals surface area contributed by atoms with E-state index in [4.69, 9.17) is 9.52 Å². The fourth-order valence-corrected chi connectivity index (χ4v) is 2.82. The topological polar surface area (TPSA) is 70.8 Å². The molecule has 0 aromatic carbocycles. The molecule has 2 heterocycles. The minimum atomic E-state index is -1.11. The number of rotatable bonds is 5. The molecule has 1 N–H and O–H groups in total. The Morgan fingerprint density at radius 2 is 2.10 bits per heavy atom. The number of carboxylic acids is 1. The van der Waals surface area contributed by atoms with Crippen LogP contribution in [0.2, 0.25) is 0 Å². The van der Waals surface area contributed by atoms with Crippen molar-refractivity contribution < 1.29 is 19.1 Å². The predicted octanol–water partition coefficient (Wildman–Crippen LogP) is 3.40. The minimum absolute atomic E-state index is 0.0155. The van der Waals surface area contributed by atoms with Crippen LogP contribution in [-0.2, 0) is 6.54 Å². The fraction of sp³-hybridized carbons (Fsp3) is 0.333. The van der Waals surface area contributed by atoms with Gasteiger partial charge in [-0.2, -0.15) is 0 Å². The second kappa shape index (κ2) is 6.13. The number of hydrogen-bond acceptors (Lipinski definition) is 4. The van der Waals surface area contributed by atoms with Gasteiger partial charge in [0.05, 0.1) is 12.1 Å². The van der Waals surface area contributed by atoms with Gasteiger partial charge in [0, 0.05) is 21.9 Å². The zero-order chi connectivity index (χ0) is 15.6. The average molecular weight is 307 g/mol. The Kier molecular flexibility index (Phi) is 4.47. The molecule has 2 aromatic rings. The van der Waals surface area contributed by atoms with Crippen molar-refractivity contribution in [2.45, 2.75) is 33.4 Å². The van der Waals surface area contributed by atoms with E-state index in [2.05, 4.69) is 0 Å². The molecule has 0 atom stereocenters. The molecule has 0 saturated heterocycles. The van der Waals surface area contributed by atoms with Crippen LogP contribution in [0.3, 0.4) is 0 Å². The molecule has 5 nitrogen and oxygen atoms in total. The number of furan rings is 1. The number of carbonyl (C=O) groups is 2. The summed E-state index contributed by atoms with van der Waals surface area (Å²) >= 11 is 1.64. The SMILES string of the molecule is Cc1ccc(CN(C(=O)c2cc(C(=O)O)co2)C(C)C)s1. The van der Waals surface area contributed by atoms with E-state index in [1.54, 1.807) is 16.2 Å². The van der Waals surface area contributed by atoms with Crippen LogP contribution in [0.15, 0.2) is 28.9 Å². The highest BCUT2D eigenvalue weighted by atomic mass is 32.1. The second-order valence-corrected chi connectivity index (χ2v) is 6.42. The monoisotopic (exact) mass is 307 g/mol. The third kappa shape index (κ3) is 3.52. The molecule has 0 bridgehead atoms. The summed E-state index contributed by atoms with van der Waals surface area (Å²) in [4.78, 5) is 27.3. The van der Waals surface area contributed by atoms with Gasteiger partial charge in [-0.15, -0.1) is 11.3 Å². The van der Waals surface area contributed by atoms with Crippen molar-refractivity contribution in [3.05, 3.63) is 45.5 Å². The minimum Gasteiger partial charge on any atom is -0.478 e. The quantitative estimate of drug-likeness (QED) is 0.919. The number of carbonyl (C=O) groups excluding carboxylic acids is 1. The Balaban J connectivity index is 2.20. The lowest BCUT2D eigenvalue weighted by molar-refractivity contribution is 0.0657. The number of hydrogen-bond donors (Lipinski definition) is 1. The first-order chi connectivity index (χ1) is 9.88. The van der Waals surface area contributed by atoms with Crippen molar-refractivity contribution in [3.63, 3.8) is 0 Å². The molecule has 0 saturated carbocycles. The highest BCUT2D eigenvalue weighted by Crippen LogP contribution is 2.20. The molecule has 1 amide bonds. The van der Waals surface area contributed by atoms with Crippen LogP contribution in [0.25, 0.3) is 0 Å². The van der Waals surface area contributed by atoms with E-state index in [1.165, 1.54) is 10.9 Å². The van der Waals surface area contributed by atoms with E-state index in [-0.39, 0.29) is 23.3 Å². The molecule has 2 aromatic heterocycles. The van der Waals surface area contributed by atoms with Crippen LogP contribution in [0.5, 0.6) is 0 Å². The standard InChI is InChI=1S/C15H17NO4S/c1-9(2)16(7-12-5-4-10(3)21-12)14(17)13-6-11(8-20-13)15(18)19/h4-6,8-9H,7H2,1-3H3,(H,18,19). The maximum Gasteiger partial charge on any atom is 0.338 e. The first kappa shape index (κ1) is 15.3. The van der Waals surface area contributed by atoms with Crippen LogP contribution in [0, 0.1) is 6.92 Å². The lowest BCUT2D eigenvalue weighted by Crippen LogP contribution is -2.35. The molecule has 2 rings (SSSR count). The van der Waals surface area contributed by atoms with Gasteiger partial charge >= 0.3 is 5.97 Å². The summed E-state index contributed by atoms with van der Waals surface area (Å²) in [5.41, 5.74) is -0.0194. The molecule has 0 aliphatic carbocycles. The van der Waals surface area contributed by atoms with Crippen molar-refractivity contribution in [1.82, 2.24) is 4.90 Å². The van der Waals surface area contributed by atoms with Gasteiger partial charge in [0.2, 0.25) is 0 Å². The van der Waals surface area contributed by atoms with E-state index in [0.29, 0.717) is 6.54 Å². The summed E-state index contributed by atoms with van der Waals surface area (Å²) < 4.78 is 5.09. The Bertz CT molecular complexity index is 656. The molecule has 0 spiro atoms. The first-order valence-corrected chi connectivity index (χ1v) is 7.38. The maximum absolute atomic E-state index is 12.5. The zero-order valence-corrected chi connectivity index (χ0v) is 12.9. The molecular formula is C15H17NO4S. The molecule has 21 heavy (non-hydrogen) atoms. The molecule has 6 heteroatoms. The molecule has 0 unspecified atom stereocenters. The third-order valence-corrected chi connectivity index (χ3v) is 4.05. The number of amides is 1. The van der Waals surface area contributed by atoms with Gasteiger partial charge in [0.1, 0.15) is 6.26 Å². The van der Waals surface area contributed by atoms with Crippen LogP contribution in [0.4, 0.5) is 0 Å². The van der Waals surface area contributed by atoms with E-state index < -0.39 is 5.97 Å². The number of aromatic carboxylic acids is 1. The van der Waals surface area contributed by atoms with Crippen LogP contribution < -0.4 is 0 Å². The largest absolute Gasteiger partial charge is 0.478 e. The van der Waals surface area contributed by atoms with Crippen molar-refractivity contribution in [1.29, 1.82) is 0 Å². The highest BCUT2D eigenvalue weighted by Gasteiger charge is 2.23. The average Bonchev–Trinajstić information content (AvgIpc) is 3.03. The van der Waals surface area contributed by atoms with Gasteiger partial charge < -0.3 is 14.4 Å². The van der Waals surface area contributed by atoms with Gasteiger partial charge in [0.15, 0.2) is 5.76 Å². The normalized spacial score (nSPS) is 10.9. The van der Waals surface area contributed by atoms with Gasteiger partial charge in [-0.25, -0.2) is 4.79 Å². The van der Waals surface area contributed by atoms with Crippen molar-refractivity contribution >= 4 is 23.2 Å². The lowest BCUT2D eigenvalue weighted by Gasteiger charge is -2.25. The molecule has 0 aliphatic rings. The van der Waals surface area contributed by atoms with Crippen LogP contribution in [0.1, 0.15) is 44.5 Å². The zero-order valence-electron chi connectivity index (χ0n) is 12.1. The van der Waals surface area contributed by atoms with Crippen LogP contribution in [-0.4, -0.2) is 27.9 Å². The van der Waals surface area contributed by atoms with E-state index >= 15 is 0 Å². The molecule has 0 aliphatic heterocycles. The smallest absolute Gasteiger partial charge is 0.338 e. The summed E-state index contributed by atoms with van der Waals surface area (Å²) in [7, 11) is 0. The number of carboxylic acid groups (broad SMARTS) is 1. The first-order valence-electron chi connectivity index (χ1n) is 6.56. The maximum atomic E-state index is 12.5. The van der Waals surface area contributed by atoms with Crippen molar-refractivity contribution in [2.75, 3.05) is 0 Å². The Hall–Kier alpha value is -2.08. The van der Waals surface area contributed by atoms with E-state index in [1.807, 2.05) is 32.9 Å². The summed E-state index contributed by atoms with van der Waals surface area (Å²) in [6.45, 7) is 6.33. The van der Waals surface area contributed by atoms with Gasteiger partial charge in [-0.3, -0.25) is 4.79 Å². The Morgan fingerprint density at radius 1 is 1.38 bits per heavy atom. The third-order valence-electron chi connectivity index (χ3n) is 3.06. The van der Waals surface area contributed by atoms with Crippen LogP contribution >= 0.6 is 11.3 Å². The Labute approximate surface area is 126 Å². The van der Waals surface area contributed by atoms with E-state index in [9.17, 15) is 9.59 Å². The fourth-order valence-electron chi connectivity index (χ4n) is 1.93. The van der Waals surface area contributed by atoms with Gasteiger partial charge in [-0.05, 0) is 32.9 Å². The van der Waals surface area contributed by atoms with Crippen molar-refractivity contribution in [2.24, 2.45) is 0 Å².